The minimum Gasteiger partial charge on any atom is -0.497 e. The Morgan fingerprint density at radius 1 is 1.15 bits per heavy atom. The second-order valence-electron chi connectivity index (χ2n) is 7.70. The van der Waals surface area contributed by atoms with Crippen LogP contribution in [0.25, 0.3) is 0 Å². The smallest absolute Gasteiger partial charge is 0.258 e. The maximum Gasteiger partial charge on any atom is 0.258 e. The van der Waals surface area contributed by atoms with Gasteiger partial charge in [-0.1, -0.05) is 6.07 Å². The molecule has 3 rings (SSSR count). The van der Waals surface area contributed by atoms with Crippen molar-refractivity contribution in [3.05, 3.63) is 53.1 Å². The Hall–Kier alpha value is -2.69. The van der Waals surface area contributed by atoms with Crippen molar-refractivity contribution in [3.63, 3.8) is 0 Å². The molecule has 0 aromatic heterocycles. The lowest BCUT2D eigenvalue weighted by Gasteiger charge is -2.38. The number of carbonyl (C=O) groups excluding carboxylic acids is 1. The van der Waals surface area contributed by atoms with E-state index in [2.05, 4.69) is 11.4 Å². The molecule has 0 bridgehead atoms. The zero-order chi connectivity index (χ0) is 19.6. The maximum atomic E-state index is 12.5. The molecule has 27 heavy (non-hydrogen) atoms. The average Bonchev–Trinajstić information content (AvgIpc) is 2.57. The van der Waals surface area contributed by atoms with Gasteiger partial charge in [-0.2, -0.15) is 0 Å². The molecule has 0 fully saturated rings. The van der Waals surface area contributed by atoms with Gasteiger partial charge in [-0.05, 0) is 63.1 Å². The summed E-state index contributed by atoms with van der Waals surface area (Å²) in [5.41, 5.74) is 2.79. The van der Waals surface area contributed by atoms with Crippen molar-refractivity contribution in [1.29, 1.82) is 0 Å². The fourth-order valence-electron chi connectivity index (χ4n) is 3.49. The van der Waals surface area contributed by atoms with Crippen molar-refractivity contribution in [1.82, 2.24) is 5.32 Å². The van der Waals surface area contributed by atoms with Crippen molar-refractivity contribution in [3.8, 4) is 17.2 Å². The predicted molar refractivity (Wildman–Crippen MR) is 105 cm³/mol. The normalized spacial score (nSPS) is 17.4. The number of fused-ring (bicyclic) bond motifs is 1. The minimum absolute atomic E-state index is 0.0217. The molecule has 2 aromatic carbocycles. The number of aryl methyl sites for hydroxylation is 2. The highest BCUT2D eigenvalue weighted by Crippen LogP contribution is 2.41. The van der Waals surface area contributed by atoms with Gasteiger partial charge in [0.1, 0.15) is 22.8 Å². The van der Waals surface area contributed by atoms with E-state index in [1.54, 1.807) is 7.11 Å². The number of carbonyl (C=O) groups is 1. The first kappa shape index (κ1) is 19.1. The van der Waals surface area contributed by atoms with Gasteiger partial charge in [-0.3, -0.25) is 4.79 Å². The summed E-state index contributed by atoms with van der Waals surface area (Å²) >= 11 is 0. The zero-order valence-corrected chi connectivity index (χ0v) is 16.6. The van der Waals surface area contributed by atoms with Crippen LogP contribution in [0.15, 0.2) is 36.4 Å². The van der Waals surface area contributed by atoms with E-state index < -0.39 is 0 Å². The molecule has 1 amide bonds. The second-order valence-corrected chi connectivity index (χ2v) is 7.70. The third kappa shape index (κ3) is 4.73. The monoisotopic (exact) mass is 369 g/mol. The van der Waals surface area contributed by atoms with E-state index in [4.69, 9.17) is 14.2 Å². The summed E-state index contributed by atoms with van der Waals surface area (Å²) in [7, 11) is 1.62. The molecule has 0 aliphatic carbocycles. The lowest BCUT2D eigenvalue weighted by Crippen LogP contribution is -2.42. The summed E-state index contributed by atoms with van der Waals surface area (Å²) in [6.45, 7) is 8.03. The third-order valence-corrected chi connectivity index (χ3v) is 4.58. The first-order chi connectivity index (χ1) is 12.8. The van der Waals surface area contributed by atoms with Crippen LogP contribution in [0, 0.1) is 13.8 Å². The van der Waals surface area contributed by atoms with E-state index in [0.29, 0.717) is 12.2 Å². The van der Waals surface area contributed by atoms with Crippen molar-refractivity contribution in [2.75, 3.05) is 13.7 Å². The molecule has 0 spiro atoms. The molecule has 0 saturated carbocycles. The molecule has 144 valence electrons. The lowest BCUT2D eigenvalue weighted by atomic mass is 9.89. The molecule has 1 heterocycles. The van der Waals surface area contributed by atoms with E-state index >= 15 is 0 Å². The van der Waals surface area contributed by atoms with Crippen LogP contribution in [0.2, 0.25) is 0 Å². The molecule has 1 aliphatic rings. The molecule has 2 aromatic rings. The van der Waals surface area contributed by atoms with E-state index in [9.17, 15) is 4.79 Å². The molecule has 5 nitrogen and oxygen atoms in total. The Balaban J connectivity index is 1.70. The number of hydrogen-bond acceptors (Lipinski definition) is 4. The topological polar surface area (TPSA) is 56.8 Å². The summed E-state index contributed by atoms with van der Waals surface area (Å²) < 4.78 is 17.0. The summed E-state index contributed by atoms with van der Waals surface area (Å²) in [6.07, 6.45) is 0.682. The Morgan fingerprint density at radius 2 is 1.85 bits per heavy atom. The van der Waals surface area contributed by atoms with Gasteiger partial charge >= 0.3 is 0 Å². The molecule has 1 atom stereocenters. The van der Waals surface area contributed by atoms with E-state index in [-0.39, 0.29) is 24.2 Å². The van der Waals surface area contributed by atoms with Crippen molar-refractivity contribution in [2.24, 2.45) is 0 Å². The van der Waals surface area contributed by atoms with Crippen LogP contribution in [0.3, 0.4) is 0 Å². The van der Waals surface area contributed by atoms with E-state index in [1.165, 1.54) is 0 Å². The highest BCUT2D eigenvalue weighted by molar-refractivity contribution is 5.78. The van der Waals surface area contributed by atoms with E-state index in [0.717, 1.165) is 28.2 Å². The maximum absolute atomic E-state index is 12.5. The Morgan fingerprint density at radius 3 is 2.52 bits per heavy atom. The van der Waals surface area contributed by atoms with Crippen LogP contribution >= 0.6 is 0 Å². The van der Waals surface area contributed by atoms with Crippen LogP contribution in [0.4, 0.5) is 0 Å². The number of nitrogens with one attached hydrogen (secondary N) is 1. The van der Waals surface area contributed by atoms with Crippen molar-refractivity contribution < 1.29 is 19.0 Å². The van der Waals surface area contributed by atoms with Gasteiger partial charge in [0.15, 0.2) is 6.61 Å². The van der Waals surface area contributed by atoms with Gasteiger partial charge in [0.05, 0.1) is 13.2 Å². The second kappa shape index (κ2) is 7.51. The Labute approximate surface area is 160 Å². The molecule has 1 aliphatic heterocycles. The fourth-order valence-corrected chi connectivity index (χ4v) is 3.49. The first-order valence-corrected chi connectivity index (χ1v) is 9.13. The van der Waals surface area contributed by atoms with E-state index in [1.807, 2.05) is 58.0 Å². The SMILES string of the molecule is COc1ccc2c(c1)OC(C)(C)C[C@H]2NC(=O)COc1cc(C)cc(C)c1. The highest BCUT2D eigenvalue weighted by Gasteiger charge is 2.34. The standard InChI is InChI=1S/C22H27NO4/c1-14-8-15(2)10-17(9-14)26-13-21(24)23-19-12-22(3,4)27-20-11-16(25-5)6-7-18(19)20/h6-11,19H,12-13H2,1-5H3,(H,23,24)/t19-/m1/s1. The van der Waals surface area contributed by atoms with Gasteiger partial charge in [-0.25, -0.2) is 0 Å². The number of methoxy groups -OCH3 is 1. The summed E-state index contributed by atoms with van der Waals surface area (Å²) in [5, 5.41) is 3.08. The van der Waals surface area contributed by atoms with Gasteiger partial charge in [-0.15, -0.1) is 0 Å². The Kier molecular flexibility index (Phi) is 5.31. The lowest BCUT2D eigenvalue weighted by molar-refractivity contribution is -0.124. The molecule has 0 saturated heterocycles. The molecule has 5 heteroatoms. The summed E-state index contributed by atoms with van der Waals surface area (Å²) in [5.74, 6) is 2.03. The summed E-state index contributed by atoms with van der Waals surface area (Å²) in [6, 6.07) is 11.5. The Bertz CT molecular complexity index is 824. The number of hydrogen-bond donors (Lipinski definition) is 1. The largest absolute Gasteiger partial charge is 0.497 e. The van der Waals surface area contributed by atoms with Crippen LogP contribution in [-0.4, -0.2) is 25.2 Å². The van der Waals surface area contributed by atoms with Crippen LogP contribution in [0.5, 0.6) is 17.2 Å². The highest BCUT2D eigenvalue weighted by atomic mass is 16.5. The molecule has 0 radical (unpaired) electrons. The number of benzene rings is 2. The number of rotatable bonds is 5. The van der Waals surface area contributed by atoms with Crippen molar-refractivity contribution in [2.45, 2.75) is 45.8 Å². The van der Waals surface area contributed by atoms with Crippen LogP contribution in [0.1, 0.15) is 43.0 Å². The first-order valence-electron chi connectivity index (χ1n) is 9.13. The zero-order valence-electron chi connectivity index (χ0n) is 16.6. The fraction of sp³-hybridized carbons (Fsp3) is 0.409. The van der Waals surface area contributed by atoms with Gasteiger partial charge in [0, 0.05) is 18.1 Å². The minimum atomic E-state index is -0.383. The van der Waals surface area contributed by atoms with Gasteiger partial charge < -0.3 is 19.5 Å². The summed E-state index contributed by atoms with van der Waals surface area (Å²) in [4.78, 5) is 12.5. The van der Waals surface area contributed by atoms with Crippen LogP contribution < -0.4 is 19.5 Å². The van der Waals surface area contributed by atoms with Gasteiger partial charge in [0.25, 0.3) is 5.91 Å². The third-order valence-electron chi connectivity index (χ3n) is 4.58. The molecule has 0 unspecified atom stereocenters. The predicted octanol–water partition coefficient (Wildman–Crippen LogP) is 4.11. The van der Waals surface area contributed by atoms with Gasteiger partial charge in [0.2, 0.25) is 0 Å². The average molecular weight is 369 g/mol. The molecular weight excluding hydrogens is 342 g/mol. The molecule has 1 N–H and O–H groups in total. The van der Waals surface area contributed by atoms with Crippen molar-refractivity contribution >= 4 is 5.91 Å². The van der Waals surface area contributed by atoms with Crippen LogP contribution in [-0.2, 0) is 4.79 Å². The number of ether oxygens (including phenoxy) is 3. The number of amides is 1. The molecular formula is C22H27NO4. The quantitative estimate of drug-likeness (QED) is 0.862.